The molecule has 0 saturated heterocycles. The van der Waals surface area contributed by atoms with Crippen molar-refractivity contribution in [2.75, 3.05) is 33.8 Å². The number of ether oxygens (including phenoxy) is 1. The topological polar surface area (TPSA) is 108 Å². The molecule has 0 bridgehead atoms. The zero-order valence-electron chi connectivity index (χ0n) is 16.5. The second-order valence-electron chi connectivity index (χ2n) is 7.09. The summed E-state index contributed by atoms with van der Waals surface area (Å²) in [6.07, 6.45) is 2.66. The van der Waals surface area contributed by atoms with Gasteiger partial charge in [0.05, 0.1) is 30.1 Å². The van der Waals surface area contributed by atoms with E-state index < -0.39 is 40.7 Å². The van der Waals surface area contributed by atoms with Crippen LogP contribution in [0.2, 0.25) is 0 Å². The molecule has 29 heavy (non-hydrogen) atoms. The molecule has 3 atom stereocenters. The van der Waals surface area contributed by atoms with E-state index >= 15 is 0 Å². The number of aliphatic hydroxyl groups excluding tert-OH is 1. The van der Waals surface area contributed by atoms with Gasteiger partial charge in [0.25, 0.3) is 0 Å². The highest BCUT2D eigenvalue weighted by atomic mass is 32.2. The number of carbonyl (C=O) groups is 1. The fourth-order valence-corrected chi connectivity index (χ4v) is 4.07. The molecule has 1 aromatic rings. The van der Waals surface area contributed by atoms with Gasteiger partial charge in [0, 0.05) is 6.54 Å². The number of halogens is 1. The Morgan fingerprint density at radius 3 is 2.55 bits per heavy atom. The fourth-order valence-electron chi connectivity index (χ4n) is 2.85. The Morgan fingerprint density at radius 1 is 1.24 bits per heavy atom. The Balaban J connectivity index is 1.92. The summed E-state index contributed by atoms with van der Waals surface area (Å²) in [4.78, 5) is 14.0. The van der Waals surface area contributed by atoms with Crippen LogP contribution in [0.4, 0.5) is 4.39 Å². The average molecular weight is 430 g/mol. The Bertz CT molecular complexity index is 799. The van der Waals surface area contributed by atoms with Crippen molar-refractivity contribution >= 4 is 15.9 Å². The van der Waals surface area contributed by atoms with Crippen LogP contribution in [-0.2, 0) is 19.6 Å². The molecule has 1 aromatic carbocycles. The van der Waals surface area contributed by atoms with Crippen molar-refractivity contribution in [2.45, 2.75) is 36.0 Å². The third-order valence-corrected chi connectivity index (χ3v) is 5.84. The Labute approximate surface area is 170 Å². The van der Waals surface area contributed by atoms with Crippen molar-refractivity contribution in [1.82, 2.24) is 14.9 Å². The molecule has 162 valence electrons. The molecule has 1 aliphatic heterocycles. The molecule has 0 saturated carbocycles. The third kappa shape index (κ3) is 7.48. The lowest BCUT2D eigenvalue weighted by atomic mass is 10.1. The molecular formula is C19H28FN3O5S. The molecule has 1 heterocycles. The van der Waals surface area contributed by atoms with Crippen LogP contribution in [0.3, 0.4) is 0 Å². The van der Waals surface area contributed by atoms with E-state index in [0.29, 0.717) is 6.54 Å². The molecule has 1 aliphatic rings. The van der Waals surface area contributed by atoms with E-state index in [0.717, 1.165) is 37.2 Å². The minimum Gasteiger partial charge on any atom is -0.394 e. The minimum atomic E-state index is -3.92. The monoisotopic (exact) mass is 429 g/mol. The van der Waals surface area contributed by atoms with E-state index in [1.165, 1.54) is 0 Å². The smallest absolute Gasteiger partial charge is 0.241 e. The van der Waals surface area contributed by atoms with E-state index in [-0.39, 0.29) is 17.2 Å². The highest BCUT2D eigenvalue weighted by Crippen LogP contribution is 2.18. The van der Waals surface area contributed by atoms with Crippen molar-refractivity contribution < 1.29 is 27.4 Å². The lowest BCUT2D eigenvalue weighted by molar-refractivity contribution is -0.125. The maximum Gasteiger partial charge on any atom is 0.241 e. The summed E-state index contributed by atoms with van der Waals surface area (Å²) in [5.74, 6) is -0.721. The number of aliphatic hydroxyl groups is 1. The van der Waals surface area contributed by atoms with Crippen molar-refractivity contribution in [1.29, 1.82) is 0 Å². The molecule has 0 aromatic heterocycles. The van der Waals surface area contributed by atoms with Gasteiger partial charge in [-0.2, -0.15) is 0 Å². The second kappa shape index (κ2) is 10.8. The van der Waals surface area contributed by atoms with E-state index in [4.69, 9.17) is 4.74 Å². The number of carbonyl (C=O) groups excluding carboxylic acids is 1. The number of sulfonamides is 1. The number of hydrogen-bond acceptors (Lipinski definition) is 6. The van der Waals surface area contributed by atoms with Gasteiger partial charge >= 0.3 is 0 Å². The number of amides is 1. The van der Waals surface area contributed by atoms with E-state index in [1.54, 1.807) is 12.2 Å². The molecule has 0 spiro atoms. The summed E-state index contributed by atoms with van der Waals surface area (Å²) >= 11 is 0. The third-order valence-electron chi connectivity index (χ3n) is 4.37. The van der Waals surface area contributed by atoms with E-state index in [9.17, 15) is 22.7 Å². The quantitative estimate of drug-likeness (QED) is 0.363. The first-order valence-corrected chi connectivity index (χ1v) is 10.8. The van der Waals surface area contributed by atoms with Crippen molar-refractivity contribution in [3.63, 3.8) is 0 Å². The van der Waals surface area contributed by atoms with Gasteiger partial charge in [-0.1, -0.05) is 12.2 Å². The van der Waals surface area contributed by atoms with Crippen LogP contribution >= 0.6 is 0 Å². The van der Waals surface area contributed by atoms with Crippen LogP contribution in [0.25, 0.3) is 0 Å². The first kappa shape index (κ1) is 23.4. The second-order valence-corrected chi connectivity index (χ2v) is 8.81. The number of nitrogens with one attached hydrogen (secondary N) is 2. The molecule has 10 heteroatoms. The largest absolute Gasteiger partial charge is 0.394 e. The summed E-state index contributed by atoms with van der Waals surface area (Å²) in [6.45, 7) is 0.988. The van der Waals surface area contributed by atoms with Crippen LogP contribution in [0.5, 0.6) is 0 Å². The maximum absolute atomic E-state index is 13.0. The molecule has 0 unspecified atom stereocenters. The van der Waals surface area contributed by atoms with Gasteiger partial charge in [-0.3, -0.25) is 4.79 Å². The molecule has 0 radical (unpaired) electrons. The minimum absolute atomic E-state index is 0.0758. The SMILES string of the molecule is CN(C)CCCNC(=O)C[C@@H]1C=C[C@@H](NS(=O)(=O)c2ccc(F)cc2)[C@H](CO)O1. The predicted octanol–water partition coefficient (Wildman–Crippen LogP) is 0.247. The van der Waals surface area contributed by atoms with Crippen LogP contribution in [-0.4, -0.2) is 76.4 Å². The number of rotatable bonds is 10. The number of benzene rings is 1. The fraction of sp³-hybridized carbons (Fsp3) is 0.526. The molecule has 1 amide bonds. The number of hydrogen-bond donors (Lipinski definition) is 3. The number of nitrogens with zero attached hydrogens (tertiary/aromatic N) is 1. The highest BCUT2D eigenvalue weighted by molar-refractivity contribution is 7.89. The first-order chi connectivity index (χ1) is 13.7. The van der Waals surface area contributed by atoms with Gasteiger partial charge in [0.15, 0.2) is 0 Å². The van der Waals surface area contributed by atoms with Crippen molar-refractivity contribution in [3.05, 3.63) is 42.2 Å². The van der Waals surface area contributed by atoms with Gasteiger partial charge in [0.1, 0.15) is 11.9 Å². The van der Waals surface area contributed by atoms with Gasteiger partial charge in [-0.05, 0) is 51.3 Å². The van der Waals surface area contributed by atoms with Crippen LogP contribution < -0.4 is 10.0 Å². The van der Waals surface area contributed by atoms with Crippen molar-refractivity contribution in [3.8, 4) is 0 Å². The molecule has 2 rings (SSSR count). The normalized spacial score (nSPS) is 22.0. The van der Waals surface area contributed by atoms with E-state index in [2.05, 4.69) is 10.0 Å². The first-order valence-electron chi connectivity index (χ1n) is 9.35. The van der Waals surface area contributed by atoms with Gasteiger partial charge in [-0.25, -0.2) is 17.5 Å². The average Bonchev–Trinajstić information content (AvgIpc) is 2.66. The highest BCUT2D eigenvalue weighted by Gasteiger charge is 2.31. The van der Waals surface area contributed by atoms with Gasteiger partial charge < -0.3 is 20.1 Å². The summed E-state index contributed by atoms with van der Waals surface area (Å²) in [7, 11) is -0.0113. The van der Waals surface area contributed by atoms with Gasteiger partial charge in [0.2, 0.25) is 15.9 Å². The standard InChI is InChI=1S/C19H28FN3O5S/c1-23(2)11-3-10-21-19(25)12-15-6-9-17(18(13-24)28-15)22-29(26,27)16-7-4-14(20)5-8-16/h4-9,15,17-18,22,24H,3,10-13H2,1-2H3,(H,21,25)/t15-,17+,18-/m0/s1. The van der Waals surface area contributed by atoms with Crippen LogP contribution in [0.1, 0.15) is 12.8 Å². The van der Waals surface area contributed by atoms with Gasteiger partial charge in [-0.15, -0.1) is 0 Å². The predicted molar refractivity (Wildman–Crippen MR) is 106 cm³/mol. The summed E-state index contributed by atoms with van der Waals surface area (Å²) in [6, 6.07) is 3.61. The Hall–Kier alpha value is -1.85. The maximum atomic E-state index is 13.0. The lowest BCUT2D eigenvalue weighted by Crippen LogP contribution is -2.49. The summed E-state index contributed by atoms with van der Waals surface area (Å²) < 4.78 is 46.0. The zero-order chi connectivity index (χ0) is 21.4. The summed E-state index contributed by atoms with van der Waals surface area (Å²) in [5.41, 5.74) is 0. The Morgan fingerprint density at radius 2 is 1.93 bits per heavy atom. The zero-order valence-corrected chi connectivity index (χ0v) is 17.4. The lowest BCUT2D eigenvalue weighted by Gasteiger charge is -2.31. The Kier molecular flexibility index (Phi) is 8.72. The molecule has 0 fully saturated rings. The summed E-state index contributed by atoms with van der Waals surface area (Å²) in [5, 5.41) is 12.4. The van der Waals surface area contributed by atoms with Crippen molar-refractivity contribution in [2.24, 2.45) is 0 Å². The molecule has 8 nitrogen and oxygen atoms in total. The van der Waals surface area contributed by atoms with Crippen LogP contribution in [0, 0.1) is 5.82 Å². The van der Waals surface area contributed by atoms with E-state index in [1.807, 2.05) is 19.0 Å². The molecule has 0 aliphatic carbocycles. The van der Waals surface area contributed by atoms with Crippen LogP contribution in [0.15, 0.2) is 41.3 Å². The molecule has 3 N–H and O–H groups in total. The molecular weight excluding hydrogens is 401 g/mol.